The highest BCUT2D eigenvalue weighted by Gasteiger charge is 2.36. The Bertz CT molecular complexity index is 308. The summed E-state index contributed by atoms with van der Waals surface area (Å²) in [7, 11) is 0. The van der Waals surface area contributed by atoms with Gasteiger partial charge in [0.25, 0.3) is 0 Å². The van der Waals surface area contributed by atoms with Gasteiger partial charge >= 0.3 is 0 Å². The normalized spacial score (nSPS) is 37.4. The Morgan fingerprint density at radius 1 is 1.00 bits per heavy atom. The van der Waals surface area contributed by atoms with Crippen LogP contribution >= 0.6 is 0 Å². The second-order valence-electron chi connectivity index (χ2n) is 8.31. The van der Waals surface area contributed by atoms with E-state index in [4.69, 9.17) is 0 Å². The van der Waals surface area contributed by atoms with Gasteiger partial charge in [0.1, 0.15) is 0 Å². The number of allylic oxidation sites excluding steroid dienone is 1. The highest BCUT2D eigenvalue weighted by atomic mass is 14.4. The maximum Gasteiger partial charge on any atom is -0.0177 e. The Hall–Kier alpha value is -0.260. The summed E-state index contributed by atoms with van der Waals surface area (Å²) in [5.41, 5.74) is 1.47. The molecule has 0 spiro atoms. The molecule has 0 heteroatoms. The van der Waals surface area contributed by atoms with Crippen molar-refractivity contribution in [3.05, 3.63) is 12.2 Å². The number of hydrogen-bond acceptors (Lipinski definition) is 0. The van der Waals surface area contributed by atoms with Crippen molar-refractivity contribution in [3.8, 4) is 0 Å². The number of rotatable bonds is 6. The molecule has 0 aliphatic heterocycles. The molecule has 2 saturated carbocycles. The van der Waals surface area contributed by atoms with Crippen molar-refractivity contribution in [3.63, 3.8) is 0 Å². The molecule has 0 radical (unpaired) electrons. The fraction of sp³-hybridized carbons (Fsp3) is 0.905. The van der Waals surface area contributed by atoms with Crippen molar-refractivity contribution in [1.29, 1.82) is 0 Å². The summed E-state index contributed by atoms with van der Waals surface area (Å²) in [6, 6.07) is 0. The molecule has 0 aromatic rings. The fourth-order valence-corrected chi connectivity index (χ4v) is 5.15. The molecule has 122 valence electrons. The van der Waals surface area contributed by atoms with E-state index in [1.54, 1.807) is 0 Å². The van der Waals surface area contributed by atoms with Crippen LogP contribution in [0.4, 0.5) is 0 Å². The lowest BCUT2D eigenvalue weighted by Gasteiger charge is -2.43. The van der Waals surface area contributed by atoms with Gasteiger partial charge in [-0.15, -0.1) is 0 Å². The van der Waals surface area contributed by atoms with Crippen LogP contribution in [0.2, 0.25) is 0 Å². The standard InChI is InChI=1S/C21H38/c1-5-6-7-8-18-10-12-19(13-11-18)21-15-17(4)9-14-20(21)16(2)3/h17-21H,2,5-15H2,1,3-4H3. The van der Waals surface area contributed by atoms with Crippen LogP contribution in [0.25, 0.3) is 0 Å². The summed E-state index contributed by atoms with van der Waals surface area (Å²) in [6.07, 6.45) is 16.2. The van der Waals surface area contributed by atoms with Gasteiger partial charge in [0.2, 0.25) is 0 Å². The van der Waals surface area contributed by atoms with E-state index in [1.165, 1.54) is 76.2 Å². The van der Waals surface area contributed by atoms with Crippen LogP contribution in [0, 0.1) is 29.6 Å². The van der Waals surface area contributed by atoms with Crippen LogP contribution in [-0.4, -0.2) is 0 Å². The molecular formula is C21H38. The molecule has 0 bridgehead atoms. The van der Waals surface area contributed by atoms with Gasteiger partial charge in [-0.1, -0.05) is 70.9 Å². The third-order valence-electron chi connectivity index (χ3n) is 6.51. The summed E-state index contributed by atoms with van der Waals surface area (Å²) >= 11 is 0. The first-order valence-electron chi connectivity index (χ1n) is 9.77. The van der Waals surface area contributed by atoms with Gasteiger partial charge in [-0.2, -0.15) is 0 Å². The molecule has 0 heterocycles. The third-order valence-corrected chi connectivity index (χ3v) is 6.51. The maximum absolute atomic E-state index is 4.31. The van der Waals surface area contributed by atoms with Gasteiger partial charge in [-0.3, -0.25) is 0 Å². The van der Waals surface area contributed by atoms with Gasteiger partial charge in [-0.25, -0.2) is 0 Å². The topological polar surface area (TPSA) is 0 Å². The second-order valence-corrected chi connectivity index (χ2v) is 8.31. The minimum atomic E-state index is 0.836. The predicted molar refractivity (Wildman–Crippen MR) is 94.4 cm³/mol. The average Bonchev–Trinajstić information content (AvgIpc) is 2.48. The van der Waals surface area contributed by atoms with E-state index in [-0.39, 0.29) is 0 Å². The molecule has 2 aliphatic rings. The van der Waals surface area contributed by atoms with Crippen LogP contribution in [0.5, 0.6) is 0 Å². The largest absolute Gasteiger partial charge is 0.0999 e. The van der Waals surface area contributed by atoms with Crippen molar-refractivity contribution in [2.45, 2.75) is 91.4 Å². The molecule has 2 aliphatic carbocycles. The molecular weight excluding hydrogens is 252 g/mol. The SMILES string of the molecule is C=C(C)C1CCC(C)CC1C1CCC(CCCCC)CC1. The van der Waals surface area contributed by atoms with Crippen molar-refractivity contribution in [1.82, 2.24) is 0 Å². The van der Waals surface area contributed by atoms with Crippen molar-refractivity contribution in [2.75, 3.05) is 0 Å². The molecule has 0 amide bonds. The summed E-state index contributed by atoms with van der Waals surface area (Å²) in [5.74, 6) is 4.81. The molecule has 21 heavy (non-hydrogen) atoms. The first-order valence-corrected chi connectivity index (χ1v) is 9.77. The highest BCUT2D eigenvalue weighted by molar-refractivity contribution is 5.03. The molecule has 0 aromatic carbocycles. The van der Waals surface area contributed by atoms with E-state index in [1.807, 2.05) is 0 Å². The molecule has 0 aromatic heterocycles. The molecule has 2 fully saturated rings. The Kier molecular flexibility index (Phi) is 6.83. The van der Waals surface area contributed by atoms with Crippen LogP contribution in [0.3, 0.4) is 0 Å². The molecule has 0 saturated heterocycles. The minimum Gasteiger partial charge on any atom is -0.0999 e. The second kappa shape index (κ2) is 8.39. The van der Waals surface area contributed by atoms with E-state index in [0.29, 0.717) is 0 Å². The van der Waals surface area contributed by atoms with E-state index < -0.39 is 0 Å². The van der Waals surface area contributed by atoms with Crippen molar-refractivity contribution < 1.29 is 0 Å². The molecule has 0 nitrogen and oxygen atoms in total. The fourth-order valence-electron chi connectivity index (χ4n) is 5.15. The lowest BCUT2D eigenvalue weighted by molar-refractivity contribution is 0.104. The first kappa shape index (κ1) is 17.1. The Balaban J connectivity index is 1.83. The van der Waals surface area contributed by atoms with Gasteiger partial charge < -0.3 is 0 Å². The van der Waals surface area contributed by atoms with E-state index in [2.05, 4.69) is 27.4 Å². The van der Waals surface area contributed by atoms with E-state index >= 15 is 0 Å². The van der Waals surface area contributed by atoms with Gasteiger partial charge in [0.05, 0.1) is 0 Å². The molecule has 3 unspecified atom stereocenters. The van der Waals surface area contributed by atoms with Crippen molar-refractivity contribution in [2.24, 2.45) is 29.6 Å². The zero-order valence-electron chi connectivity index (χ0n) is 14.9. The summed E-state index contributed by atoms with van der Waals surface area (Å²) in [6.45, 7) is 11.4. The van der Waals surface area contributed by atoms with Gasteiger partial charge in [0.15, 0.2) is 0 Å². The smallest absolute Gasteiger partial charge is 0.0177 e. The lowest BCUT2D eigenvalue weighted by Crippen LogP contribution is -2.32. The van der Waals surface area contributed by atoms with Crippen LogP contribution in [0.1, 0.15) is 91.4 Å². The minimum absolute atomic E-state index is 0.836. The highest BCUT2D eigenvalue weighted by Crippen LogP contribution is 2.46. The summed E-state index contributed by atoms with van der Waals surface area (Å²) in [5, 5.41) is 0. The summed E-state index contributed by atoms with van der Waals surface area (Å²) in [4.78, 5) is 0. The van der Waals surface area contributed by atoms with E-state index in [0.717, 1.165) is 29.6 Å². The Morgan fingerprint density at radius 3 is 2.33 bits per heavy atom. The number of hydrogen-bond donors (Lipinski definition) is 0. The lowest BCUT2D eigenvalue weighted by atomic mass is 9.63. The average molecular weight is 291 g/mol. The van der Waals surface area contributed by atoms with Crippen LogP contribution in [-0.2, 0) is 0 Å². The third kappa shape index (κ3) is 4.86. The van der Waals surface area contributed by atoms with Gasteiger partial charge in [-0.05, 0) is 62.2 Å². The molecule has 3 atom stereocenters. The predicted octanol–water partition coefficient (Wildman–Crippen LogP) is 7.00. The molecule has 2 rings (SSSR count). The zero-order chi connectivity index (χ0) is 15.2. The van der Waals surface area contributed by atoms with E-state index in [9.17, 15) is 0 Å². The maximum atomic E-state index is 4.31. The van der Waals surface area contributed by atoms with Gasteiger partial charge in [0, 0.05) is 0 Å². The quantitative estimate of drug-likeness (QED) is 0.365. The number of unbranched alkanes of at least 4 members (excludes halogenated alkanes) is 2. The zero-order valence-corrected chi connectivity index (χ0v) is 14.9. The van der Waals surface area contributed by atoms with Crippen LogP contribution in [0.15, 0.2) is 12.2 Å². The monoisotopic (exact) mass is 290 g/mol. The Labute approximate surface area is 133 Å². The summed E-state index contributed by atoms with van der Waals surface area (Å²) < 4.78 is 0. The Morgan fingerprint density at radius 2 is 1.71 bits per heavy atom. The van der Waals surface area contributed by atoms with Crippen LogP contribution < -0.4 is 0 Å². The molecule has 0 N–H and O–H groups in total. The first-order chi connectivity index (χ1) is 10.1. The van der Waals surface area contributed by atoms with Crippen molar-refractivity contribution >= 4 is 0 Å².